The molecule has 10 heteroatoms. The van der Waals surface area contributed by atoms with E-state index in [-0.39, 0.29) is 17.7 Å². The molecule has 1 aromatic carbocycles. The van der Waals surface area contributed by atoms with E-state index < -0.39 is 6.61 Å². The Labute approximate surface area is 164 Å². The lowest BCUT2D eigenvalue weighted by molar-refractivity contribution is -0.0499. The van der Waals surface area contributed by atoms with Crippen LogP contribution in [0.25, 0.3) is 4.96 Å². The minimum Gasteiger partial charge on any atom is -0.492 e. The van der Waals surface area contributed by atoms with Crippen molar-refractivity contribution in [3.8, 4) is 11.6 Å². The number of hydrogen-bond acceptors (Lipinski definition) is 7. The van der Waals surface area contributed by atoms with Crippen molar-refractivity contribution < 1.29 is 18.6 Å². The Hall–Kier alpha value is -2.30. The minimum absolute atomic E-state index is 0.0321. The molecular formula is C18H21F2N5O2S. The highest BCUT2D eigenvalue weighted by Gasteiger charge is 2.31. The second-order valence-corrected chi connectivity index (χ2v) is 7.85. The second kappa shape index (κ2) is 7.61. The quantitative estimate of drug-likeness (QED) is 0.699. The molecule has 0 aliphatic carbocycles. The maximum Gasteiger partial charge on any atom is 0.387 e. The molecule has 0 amide bonds. The third-order valence-corrected chi connectivity index (χ3v) is 5.93. The van der Waals surface area contributed by atoms with E-state index in [1.54, 1.807) is 19.1 Å². The van der Waals surface area contributed by atoms with Gasteiger partial charge in [0.1, 0.15) is 11.6 Å². The van der Waals surface area contributed by atoms with E-state index in [9.17, 15) is 13.9 Å². The number of halogens is 2. The van der Waals surface area contributed by atoms with Crippen LogP contribution in [0, 0.1) is 6.92 Å². The molecule has 150 valence electrons. The molecule has 4 rings (SSSR count). The van der Waals surface area contributed by atoms with Gasteiger partial charge in [0.2, 0.25) is 10.8 Å². The first-order valence-electron chi connectivity index (χ1n) is 8.95. The van der Waals surface area contributed by atoms with Gasteiger partial charge in [-0.2, -0.15) is 13.3 Å². The normalized spacial score (nSPS) is 17.5. The Morgan fingerprint density at radius 1 is 1.21 bits per heavy atom. The predicted molar refractivity (Wildman–Crippen MR) is 101 cm³/mol. The first-order valence-corrected chi connectivity index (χ1v) is 9.76. The lowest BCUT2D eigenvalue weighted by Gasteiger charge is -2.37. The van der Waals surface area contributed by atoms with E-state index in [2.05, 4.69) is 31.7 Å². The summed E-state index contributed by atoms with van der Waals surface area (Å²) in [4.78, 5) is 10.1. The number of fused-ring (bicyclic) bond motifs is 1. The average molecular weight is 409 g/mol. The molecule has 0 saturated carbocycles. The Morgan fingerprint density at radius 2 is 1.96 bits per heavy atom. The van der Waals surface area contributed by atoms with Gasteiger partial charge in [-0.05, 0) is 31.7 Å². The molecule has 3 aromatic rings. The molecule has 1 aliphatic rings. The topological polar surface area (TPSA) is 66.1 Å². The standard InChI is InChI=1S/C18H21F2N5O2S/c1-11-21-18-25(22-11)16(26)15(28-18)14(24-8-6-23(2)7-9-24)12-4-3-5-13(10-12)27-17(19)20/h3-5,10,14,17,26H,6-9H2,1-2H3/t14-/m0/s1. The van der Waals surface area contributed by atoms with Crippen LogP contribution in [0.5, 0.6) is 11.6 Å². The Kier molecular flexibility index (Phi) is 5.17. The van der Waals surface area contributed by atoms with E-state index in [0.717, 1.165) is 31.7 Å². The van der Waals surface area contributed by atoms with Crippen LogP contribution in [0.2, 0.25) is 0 Å². The summed E-state index contributed by atoms with van der Waals surface area (Å²) in [7, 11) is 2.06. The first kappa shape index (κ1) is 19.0. The fourth-order valence-corrected chi connectivity index (χ4v) is 4.66. The molecule has 28 heavy (non-hydrogen) atoms. The van der Waals surface area contributed by atoms with E-state index in [1.807, 2.05) is 6.07 Å². The van der Waals surface area contributed by atoms with Crippen LogP contribution in [0.4, 0.5) is 8.78 Å². The number of benzene rings is 1. The Morgan fingerprint density at radius 3 is 2.64 bits per heavy atom. The summed E-state index contributed by atoms with van der Waals surface area (Å²) in [5.41, 5.74) is 0.777. The van der Waals surface area contributed by atoms with Gasteiger partial charge in [0.25, 0.3) is 0 Å². The van der Waals surface area contributed by atoms with Crippen molar-refractivity contribution >= 4 is 16.3 Å². The van der Waals surface area contributed by atoms with Gasteiger partial charge in [-0.25, -0.2) is 4.98 Å². The molecule has 0 bridgehead atoms. The molecule has 7 nitrogen and oxygen atoms in total. The number of rotatable bonds is 5. The van der Waals surface area contributed by atoms with Gasteiger partial charge < -0.3 is 14.7 Å². The SMILES string of the molecule is Cc1nc2sc([C@H](c3cccc(OC(F)F)c3)N3CCN(C)CC3)c(O)n2n1. The summed E-state index contributed by atoms with van der Waals surface area (Å²) in [5, 5.41) is 15.1. The van der Waals surface area contributed by atoms with E-state index >= 15 is 0 Å². The number of aromatic hydroxyl groups is 1. The molecule has 0 unspecified atom stereocenters. The molecule has 1 N–H and O–H groups in total. The van der Waals surface area contributed by atoms with Crippen molar-refractivity contribution in [2.45, 2.75) is 19.6 Å². The predicted octanol–water partition coefficient (Wildman–Crippen LogP) is 2.74. The van der Waals surface area contributed by atoms with Crippen LogP contribution in [-0.4, -0.2) is 69.3 Å². The summed E-state index contributed by atoms with van der Waals surface area (Å²) in [5.74, 6) is 0.711. The van der Waals surface area contributed by atoms with E-state index in [4.69, 9.17) is 0 Å². The molecule has 0 spiro atoms. The van der Waals surface area contributed by atoms with Crippen molar-refractivity contribution in [3.05, 3.63) is 40.5 Å². The zero-order chi connectivity index (χ0) is 19.8. The van der Waals surface area contributed by atoms with Crippen molar-refractivity contribution in [2.24, 2.45) is 0 Å². The number of nitrogens with zero attached hydrogens (tertiary/aromatic N) is 5. The molecule has 1 fully saturated rings. The maximum absolute atomic E-state index is 12.7. The highest BCUT2D eigenvalue weighted by molar-refractivity contribution is 7.17. The van der Waals surface area contributed by atoms with Crippen molar-refractivity contribution in [1.29, 1.82) is 0 Å². The van der Waals surface area contributed by atoms with Gasteiger partial charge in [0.15, 0.2) is 0 Å². The van der Waals surface area contributed by atoms with Crippen LogP contribution >= 0.6 is 11.3 Å². The molecular weight excluding hydrogens is 388 g/mol. The van der Waals surface area contributed by atoms with Gasteiger partial charge in [-0.1, -0.05) is 23.5 Å². The van der Waals surface area contributed by atoms with Gasteiger partial charge >= 0.3 is 6.61 Å². The van der Waals surface area contributed by atoms with E-state index in [0.29, 0.717) is 15.7 Å². The van der Waals surface area contributed by atoms with Crippen LogP contribution in [0.3, 0.4) is 0 Å². The van der Waals surface area contributed by atoms with Crippen molar-refractivity contribution in [1.82, 2.24) is 24.4 Å². The first-order chi connectivity index (χ1) is 13.4. The number of thiazole rings is 1. The summed E-state index contributed by atoms with van der Waals surface area (Å²) in [6, 6.07) is 6.36. The lowest BCUT2D eigenvalue weighted by atomic mass is 10.0. The van der Waals surface area contributed by atoms with Crippen LogP contribution < -0.4 is 4.74 Å². The zero-order valence-electron chi connectivity index (χ0n) is 15.5. The third-order valence-electron chi connectivity index (χ3n) is 4.86. The van der Waals surface area contributed by atoms with Crippen molar-refractivity contribution in [2.75, 3.05) is 33.2 Å². The Bertz CT molecular complexity index is 968. The number of piperazine rings is 1. The number of hydrogen-bond donors (Lipinski definition) is 1. The maximum atomic E-state index is 12.7. The molecule has 2 aromatic heterocycles. The highest BCUT2D eigenvalue weighted by atomic mass is 32.1. The van der Waals surface area contributed by atoms with Gasteiger partial charge in [-0.3, -0.25) is 4.90 Å². The van der Waals surface area contributed by atoms with E-state index in [1.165, 1.54) is 21.9 Å². The summed E-state index contributed by atoms with van der Waals surface area (Å²) >= 11 is 1.36. The number of aryl methyl sites for hydroxylation is 1. The zero-order valence-corrected chi connectivity index (χ0v) is 16.4. The number of alkyl halides is 2. The van der Waals surface area contributed by atoms with Gasteiger partial charge in [-0.15, -0.1) is 5.10 Å². The molecule has 1 saturated heterocycles. The van der Waals surface area contributed by atoms with Crippen molar-refractivity contribution in [3.63, 3.8) is 0 Å². The second-order valence-electron chi connectivity index (χ2n) is 6.84. The monoisotopic (exact) mass is 409 g/mol. The fraction of sp³-hybridized carbons (Fsp3) is 0.444. The molecule has 1 aliphatic heterocycles. The third kappa shape index (κ3) is 3.67. The van der Waals surface area contributed by atoms with Gasteiger partial charge in [0, 0.05) is 26.2 Å². The van der Waals surface area contributed by atoms with Gasteiger partial charge in [0.05, 0.1) is 10.9 Å². The summed E-state index contributed by atoms with van der Waals surface area (Å²) in [6.45, 7) is 2.21. The largest absolute Gasteiger partial charge is 0.492 e. The smallest absolute Gasteiger partial charge is 0.387 e. The van der Waals surface area contributed by atoms with Crippen LogP contribution in [0.1, 0.15) is 22.3 Å². The highest BCUT2D eigenvalue weighted by Crippen LogP contribution is 2.41. The molecule has 3 heterocycles. The summed E-state index contributed by atoms with van der Waals surface area (Å²) < 4.78 is 31.4. The fourth-order valence-electron chi connectivity index (χ4n) is 3.50. The minimum atomic E-state index is -2.89. The van der Waals surface area contributed by atoms with Crippen LogP contribution in [-0.2, 0) is 0 Å². The number of ether oxygens (including phenoxy) is 1. The lowest BCUT2D eigenvalue weighted by Crippen LogP contribution is -2.46. The Balaban J connectivity index is 1.77. The number of likely N-dealkylation sites (N-methyl/N-ethyl adjacent to an activating group) is 1. The number of aromatic nitrogens is 3. The van der Waals surface area contributed by atoms with Crippen LogP contribution in [0.15, 0.2) is 24.3 Å². The molecule has 1 atom stereocenters. The molecule has 0 radical (unpaired) electrons. The summed E-state index contributed by atoms with van der Waals surface area (Å²) in [6.07, 6.45) is 0. The average Bonchev–Trinajstić information content (AvgIpc) is 3.15.